The Balaban J connectivity index is 2.58. The van der Waals surface area contributed by atoms with Gasteiger partial charge in [-0.05, 0) is 0 Å². The second-order valence-electron chi connectivity index (χ2n) is 3.50. The van der Waals surface area contributed by atoms with Crippen LogP contribution in [-0.4, -0.2) is 42.1 Å². The summed E-state index contributed by atoms with van der Waals surface area (Å²) in [5.74, 6) is 0. The van der Waals surface area contributed by atoms with Crippen LogP contribution in [0.1, 0.15) is 0 Å². The van der Waals surface area contributed by atoms with Gasteiger partial charge in [-0.2, -0.15) is 0 Å². The minimum atomic E-state index is -3.40. The predicted octanol–water partition coefficient (Wildman–Crippen LogP) is 0.107. The molecule has 2 nitrogen and oxygen atoms in total. The molecule has 0 spiro atoms. The van der Waals surface area contributed by atoms with Crippen molar-refractivity contribution in [3.8, 4) is 0 Å². The van der Waals surface area contributed by atoms with Gasteiger partial charge in [0.2, 0.25) is 0 Å². The fourth-order valence-electron chi connectivity index (χ4n) is 1.44. The molecule has 0 amide bonds. The van der Waals surface area contributed by atoms with Gasteiger partial charge in [0.05, 0.1) is 0 Å². The van der Waals surface area contributed by atoms with Crippen LogP contribution in [0.2, 0.25) is 0 Å². The number of hydrogen-bond acceptors (Lipinski definition) is 2. The Labute approximate surface area is 118 Å². The van der Waals surface area contributed by atoms with Crippen molar-refractivity contribution in [1.29, 1.82) is 0 Å². The van der Waals surface area contributed by atoms with E-state index in [0.29, 0.717) is 9.79 Å². The van der Waals surface area contributed by atoms with E-state index in [2.05, 4.69) is 33.7 Å². The quantitative estimate of drug-likeness (QED) is 0.708. The zero-order valence-corrected chi connectivity index (χ0v) is 13.3. The molecule has 0 aliphatic rings. The average Bonchev–Trinajstić information content (AvgIpc) is 2.29. The molecule has 0 fully saturated rings. The first-order chi connectivity index (χ1) is 8.00. The zero-order chi connectivity index (χ0) is 12.5. The normalized spacial score (nSPS) is 11.4. The van der Waals surface area contributed by atoms with Crippen molar-refractivity contribution in [2.45, 2.75) is 9.79 Å². The monoisotopic (exact) mass is 366 g/mol. The molecule has 17 heavy (non-hydrogen) atoms. The van der Waals surface area contributed by atoms with Crippen molar-refractivity contribution in [3.63, 3.8) is 0 Å². The van der Waals surface area contributed by atoms with Crippen LogP contribution in [0.15, 0.2) is 58.3 Å². The summed E-state index contributed by atoms with van der Waals surface area (Å²) in [6.45, 7) is 0. The van der Waals surface area contributed by atoms with Crippen LogP contribution >= 0.6 is 0 Å². The first-order valence-corrected chi connectivity index (χ1v) is 8.19. The molecule has 0 saturated carbocycles. The molecule has 0 saturated heterocycles. The zero-order valence-electron chi connectivity index (χ0n) is 8.74. The van der Waals surface area contributed by atoms with E-state index in [4.69, 9.17) is 0 Å². The summed E-state index contributed by atoms with van der Waals surface area (Å²) in [6.07, 6.45) is 0. The Morgan fingerprint density at radius 1 is 0.765 bits per heavy atom. The molecule has 2 aromatic carbocycles. The van der Waals surface area contributed by atoms with Gasteiger partial charge in [0.15, 0.2) is 0 Å². The first kappa shape index (κ1) is 13.0. The third kappa shape index (κ3) is 2.85. The molecular formula is C12H8As2O2S. The topological polar surface area (TPSA) is 34.1 Å². The summed E-state index contributed by atoms with van der Waals surface area (Å²) >= 11 is 4.69. The molecule has 0 aliphatic heterocycles. The molecule has 0 unspecified atom stereocenters. The summed E-state index contributed by atoms with van der Waals surface area (Å²) in [6, 6.07) is 13.7. The van der Waals surface area contributed by atoms with Gasteiger partial charge >= 0.3 is 119 Å². The van der Waals surface area contributed by atoms with Gasteiger partial charge in [0, 0.05) is 0 Å². The average molecular weight is 366 g/mol. The van der Waals surface area contributed by atoms with Crippen LogP contribution in [0.5, 0.6) is 0 Å². The van der Waals surface area contributed by atoms with Crippen molar-refractivity contribution in [2.24, 2.45) is 0 Å². The van der Waals surface area contributed by atoms with E-state index in [1.807, 2.05) is 12.1 Å². The van der Waals surface area contributed by atoms with E-state index >= 15 is 0 Å². The molecule has 0 atom stereocenters. The predicted molar refractivity (Wildman–Crippen MR) is 69.1 cm³/mol. The SMILES string of the molecule is O=S(=O)(c1cccc([As])c1)c1cccc([As])c1. The molecular weight excluding hydrogens is 358 g/mol. The van der Waals surface area contributed by atoms with Gasteiger partial charge in [-0.15, -0.1) is 0 Å². The van der Waals surface area contributed by atoms with Crippen LogP contribution in [0.4, 0.5) is 0 Å². The van der Waals surface area contributed by atoms with E-state index in [9.17, 15) is 8.42 Å². The molecule has 0 heterocycles. The second kappa shape index (κ2) is 5.02. The van der Waals surface area contributed by atoms with Crippen molar-refractivity contribution >= 4 is 52.2 Å². The standard InChI is InChI=1S/C12H8As2O2S/c13-9-3-1-5-11(7-9)17(15,16)12-6-2-4-10(14)8-12/h1-8H. The van der Waals surface area contributed by atoms with Crippen LogP contribution in [-0.2, 0) is 9.84 Å². The molecule has 0 N–H and O–H groups in total. The maximum atomic E-state index is 12.3. The Hall–Kier alpha value is -0.493. The van der Waals surface area contributed by atoms with Crippen LogP contribution in [0.25, 0.3) is 0 Å². The number of sulfone groups is 1. The summed E-state index contributed by atoms with van der Waals surface area (Å²) in [5.41, 5.74) is 0. The first-order valence-electron chi connectivity index (χ1n) is 4.83. The van der Waals surface area contributed by atoms with Gasteiger partial charge in [0.1, 0.15) is 0 Å². The summed E-state index contributed by atoms with van der Waals surface area (Å²) in [5, 5.41) is 0. The fraction of sp³-hybridized carbons (Fsp3) is 0. The summed E-state index contributed by atoms with van der Waals surface area (Å²) in [4.78, 5) is 0.655. The van der Waals surface area contributed by atoms with E-state index in [0.717, 1.165) is 8.70 Å². The van der Waals surface area contributed by atoms with Crippen LogP contribution < -0.4 is 8.70 Å². The molecule has 0 aliphatic carbocycles. The maximum absolute atomic E-state index is 12.3. The van der Waals surface area contributed by atoms with Gasteiger partial charge < -0.3 is 0 Å². The Bertz CT molecular complexity index is 600. The van der Waals surface area contributed by atoms with Gasteiger partial charge in [-0.25, -0.2) is 0 Å². The third-order valence-corrected chi connectivity index (χ3v) is 5.17. The molecule has 0 aromatic heterocycles. The second-order valence-corrected chi connectivity index (χ2v) is 7.61. The van der Waals surface area contributed by atoms with E-state index in [1.165, 1.54) is 0 Å². The molecule has 4 radical (unpaired) electrons. The van der Waals surface area contributed by atoms with E-state index in [-0.39, 0.29) is 0 Å². The van der Waals surface area contributed by atoms with Crippen LogP contribution in [0.3, 0.4) is 0 Å². The molecule has 0 bridgehead atoms. The van der Waals surface area contributed by atoms with E-state index in [1.54, 1.807) is 36.4 Å². The minimum absolute atomic E-state index is 0.328. The number of hydrogen-bond donors (Lipinski definition) is 0. The van der Waals surface area contributed by atoms with Crippen molar-refractivity contribution in [2.75, 3.05) is 0 Å². The van der Waals surface area contributed by atoms with Gasteiger partial charge in [-0.1, -0.05) is 0 Å². The third-order valence-electron chi connectivity index (χ3n) is 2.26. The van der Waals surface area contributed by atoms with Crippen LogP contribution in [0, 0.1) is 0 Å². The molecule has 2 rings (SSSR count). The van der Waals surface area contributed by atoms with Gasteiger partial charge in [-0.3, -0.25) is 0 Å². The Kier molecular flexibility index (Phi) is 3.82. The van der Waals surface area contributed by atoms with Gasteiger partial charge in [0.25, 0.3) is 0 Å². The van der Waals surface area contributed by atoms with Crippen molar-refractivity contribution < 1.29 is 8.42 Å². The Morgan fingerprint density at radius 3 is 1.53 bits per heavy atom. The molecule has 84 valence electrons. The number of benzene rings is 2. The fourth-order valence-corrected chi connectivity index (χ4v) is 4.11. The van der Waals surface area contributed by atoms with Crippen molar-refractivity contribution in [3.05, 3.63) is 48.5 Å². The number of rotatable bonds is 2. The van der Waals surface area contributed by atoms with E-state index < -0.39 is 9.84 Å². The summed E-state index contributed by atoms with van der Waals surface area (Å²) < 4.78 is 26.4. The Morgan fingerprint density at radius 2 is 1.18 bits per heavy atom. The molecule has 2 aromatic rings. The molecule has 5 heteroatoms. The summed E-state index contributed by atoms with van der Waals surface area (Å²) in [7, 11) is -3.40. The van der Waals surface area contributed by atoms with Crippen molar-refractivity contribution in [1.82, 2.24) is 0 Å².